The van der Waals surface area contributed by atoms with E-state index in [-0.39, 0.29) is 5.97 Å². The van der Waals surface area contributed by atoms with E-state index in [4.69, 9.17) is 4.74 Å². The molecular weight excluding hydrogens is 214 g/mol. The van der Waals surface area contributed by atoms with Crippen LogP contribution in [0, 0.1) is 11.8 Å². The Hall–Kier alpha value is -0.570. The van der Waals surface area contributed by atoms with Gasteiger partial charge >= 0.3 is 5.97 Å². The molecule has 0 spiro atoms. The molecule has 0 saturated heterocycles. The van der Waals surface area contributed by atoms with E-state index in [1.807, 2.05) is 0 Å². The van der Waals surface area contributed by atoms with Crippen LogP contribution < -0.4 is 5.32 Å². The molecule has 2 atom stereocenters. The van der Waals surface area contributed by atoms with Crippen LogP contribution in [0.3, 0.4) is 0 Å². The lowest BCUT2D eigenvalue weighted by atomic mass is 9.89. The molecule has 0 aromatic heterocycles. The molecule has 1 fully saturated rings. The number of esters is 1. The number of ether oxygens (including phenoxy) is 1. The number of rotatable bonds is 4. The first-order chi connectivity index (χ1) is 8.00. The Morgan fingerprint density at radius 1 is 1.41 bits per heavy atom. The largest absolute Gasteiger partial charge is 0.468 e. The first kappa shape index (κ1) is 14.5. The second kappa shape index (κ2) is 6.39. The number of nitrogens with one attached hydrogen (secondary N) is 1. The normalized spacial score (nSPS) is 30.1. The molecule has 0 radical (unpaired) electrons. The van der Waals surface area contributed by atoms with Gasteiger partial charge in [0.1, 0.15) is 5.54 Å². The average molecular weight is 241 g/mol. The first-order valence-electron chi connectivity index (χ1n) is 6.83. The number of hydrogen-bond acceptors (Lipinski definition) is 3. The predicted octanol–water partition coefficient (Wildman–Crippen LogP) is 2.74. The van der Waals surface area contributed by atoms with Crippen molar-refractivity contribution >= 4 is 5.97 Å². The summed E-state index contributed by atoms with van der Waals surface area (Å²) in [5, 5.41) is 3.47. The van der Waals surface area contributed by atoms with E-state index in [1.54, 1.807) is 0 Å². The van der Waals surface area contributed by atoms with Gasteiger partial charge in [-0.25, -0.2) is 0 Å². The van der Waals surface area contributed by atoms with Crippen molar-refractivity contribution in [3.8, 4) is 0 Å². The minimum atomic E-state index is -0.427. The van der Waals surface area contributed by atoms with E-state index in [0.29, 0.717) is 5.92 Å². The number of carbonyl (C=O) groups is 1. The molecule has 0 heterocycles. The lowest BCUT2D eigenvalue weighted by molar-refractivity contribution is -0.149. The van der Waals surface area contributed by atoms with Crippen LogP contribution in [0.5, 0.6) is 0 Å². The minimum absolute atomic E-state index is 0.0766. The number of hydrogen-bond donors (Lipinski definition) is 1. The molecule has 3 heteroatoms. The van der Waals surface area contributed by atoms with Gasteiger partial charge in [0.2, 0.25) is 0 Å². The monoisotopic (exact) mass is 241 g/mol. The Morgan fingerprint density at radius 3 is 2.71 bits per heavy atom. The van der Waals surface area contributed by atoms with Gasteiger partial charge in [-0.15, -0.1) is 0 Å². The molecule has 1 rings (SSSR count). The van der Waals surface area contributed by atoms with Gasteiger partial charge in [-0.05, 0) is 37.6 Å². The third-order valence-corrected chi connectivity index (χ3v) is 3.79. The van der Waals surface area contributed by atoms with Crippen LogP contribution in [0.4, 0.5) is 0 Å². The third kappa shape index (κ3) is 3.98. The number of methoxy groups -OCH3 is 1. The summed E-state index contributed by atoms with van der Waals surface area (Å²) in [6, 6.07) is 0. The molecule has 1 N–H and O–H groups in total. The quantitative estimate of drug-likeness (QED) is 0.607. The summed E-state index contributed by atoms with van der Waals surface area (Å²) in [6.45, 7) is 7.48. The van der Waals surface area contributed by atoms with Gasteiger partial charge < -0.3 is 10.1 Å². The summed E-state index contributed by atoms with van der Waals surface area (Å²) in [7, 11) is 1.50. The van der Waals surface area contributed by atoms with E-state index < -0.39 is 5.54 Å². The van der Waals surface area contributed by atoms with Crippen molar-refractivity contribution in [3.05, 3.63) is 0 Å². The van der Waals surface area contributed by atoms with Crippen LogP contribution in [-0.4, -0.2) is 25.2 Å². The van der Waals surface area contributed by atoms with Gasteiger partial charge in [0, 0.05) is 0 Å². The maximum Gasteiger partial charge on any atom is 0.326 e. The van der Waals surface area contributed by atoms with E-state index in [0.717, 1.165) is 38.1 Å². The van der Waals surface area contributed by atoms with Crippen molar-refractivity contribution in [1.82, 2.24) is 5.32 Å². The van der Waals surface area contributed by atoms with Crippen LogP contribution in [0.2, 0.25) is 0 Å². The van der Waals surface area contributed by atoms with Crippen molar-refractivity contribution in [2.45, 2.75) is 58.4 Å². The minimum Gasteiger partial charge on any atom is -0.468 e. The first-order valence-corrected chi connectivity index (χ1v) is 6.83. The zero-order valence-corrected chi connectivity index (χ0v) is 11.7. The zero-order valence-electron chi connectivity index (χ0n) is 11.7. The lowest BCUT2D eigenvalue weighted by Gasteiger charge is -2.32. The van der Waals surface area contributed by atoms with Gasteiger partial charge in [-0.3, -0.25) is 4.79 Å². The summed E-state index contributed by atoms with van der Waals surface area (Å²) in [4.78, 5) is 12.1. The third-order valence-electron chi connectivity index (χ3n) is 3.79. The number of carbonyl (C=O) groups excluding carboxylic acids is 1. The maximum absolute atomic E-state index is 12.1. The van der Waals surface area contributed by atoms with Gasteiger partial charge in [-0.1, -0.05) is 33.6 Å². The highest BCUT2D eigenvalue weighted by atomic mass is 16.5. The highest BCUT2D eigenvalue weighted by molar-refractivity contribution is 5.80. The lowest BCUT2D eigenvalue weighted by Crippen LogP contribution is -2.53. The smallest absolute Gasteiger partial charge is 0.326 e. The van der Waals surface area contributed by atoms with Crippen LogP contribution in [0.15, 0.2) is 0 Å². The Balaban J connectivity index is 2.73. The summed E-state index contributed by atoms with van der Waals surface area (Å²) in [6.07, 6.45) is 5.27. The van der Waals surface area contributed by atoms with E-state index in [9.17, 15) is 4.79 Å². The highest BCUT2D eigenvalue weighted by Gasteiger charge is 2.40. The molecule has 0 aliphatic heterocycles. The predicted molar refractivity (Wildman–Crippen MR) is 69.8 cm³/mol. The molecule has 0 aromatic carbocycles. The van der Waals surface area contributed by atoms with Crippen LogP contribution >= 0.6 is 0 Å². The SMILES string of the molecule is COC(=O)C1(NCC(C)C)CCCC(C)CC1. The molecule has 1 aliphatic carbocycles. The Kier molecular flexibility index (Phi) is 5.44. The van der Waals surface area contributed by atoms with Gasteiger partial charge in [0.05, 0.1) is 7.11 Å². The maximum atomic E-state index is 12.1. The van der Waals surface area contributed by atoms with E-state index in [2.05, 4.69) is 26.1 Å². The summed E-state index contributed by atoms with van der Waals surface area (Å²) in [5.74, 6) is 1.20. The fourth-order valence-corrected chi connectivity index (χ4v) is 2.56. The van der Waals surface area contributed by atoms with Gasteiger partial charge in [0.15, 0.2) is 0 Å². The van der Waals surface area contributed by atoms with Crippen molar-refractivity contribution in [2.24, 2.45) is 11.8 Å². The van der Waals surface area contributed by atoms with Crippen molar-refractivity contribution in [1.29, 1.82) is 0 Å². The molecule has 17 heavy (non-hydrogen) atoms. The molecule has 0 amide bonds. The summed E-state index contributed by atoms with van der Waals surface area (Å²) < 4.78 is 5.01. The van der Waals surface area contributed by atoms with Crippen LogP contribution in [-0.2, 0) is 9.53 Å². The Bertz CT molecular complexity index is 253. The molecule has 1 aliphatic rings. The van der Waals surface area contributed by atoms with Crippen molar-refractivity contribution in [2.75, 3.05) is 13.7 Å². The second-order valence-electron chi connectivity index (χ2n) is 5.88. The standard InChI is InChI=1S/C14H27NO2/c1-11(2)10-15-14(13(16)17-4)8-5-6-12(3)7-9-14/h11-12,15H,5-10H2,1-4H3. The van der Waals surface area contributed by atoms with E-state index in [1.165, 1.54) is 13.5 Å². The van der Waals surface area contributed by atoms with Crippen molar-refractivity contribution < 1.29 is 9.53 Å². The Labute approximate surface area is 105 Å². The molecule has 0 bridgehead atoms. The van der Waals surface area contributed by atoms with Gasteiger partial charge in [0.25, 0.3) is 0 Å². The fourth-order valence-electron chi connectivity index (χ4n) is 2.56. The second-order valence-corrected chi connectivity index (χ2v) is 5.88. The molecule has 0 aromatic rings. The molecule has 1 saturated carbocycles. The molecular formula is C14H27NO2. The van der Waals surface area contributed by atoms with E-state index >= 15 is 0 Å². The Morgan fingerprint density at radius 2 is 2.12 bits per heavy atom. The average Bonchev–Trinajstić information content (AvgIpc) is 2.49. The summed E-state index contributed by atoms with van der Waals surface area (Å²) in [5.41, 5.74) is -0.427. The molecule has 3 nitrogen and oxygen atoms in total. The highest BCUT2D eigenvalue weighted by Crippen LogP contribution is 2.31. The topological polar surface area (TPSA) is 38.3 Å². The van der Waals surface area contributed by atoms with Crippen LogP contribution in [0.25, 0.3) is 0 Å². The molecule has 2 unspecified atom stereocenters. The molecule has 100 valence electrons. The zero-order chi connectivity index (χ0) is 12.9. The summed E-state index contributed by atoms with van der Waals surface area (Å²) >= 11 is 0. The van der Waals surface area contributed by atoms with Crippen molar-refractivity contribution in [3.63, 3.8) is 0 Å². The van der Waals surface area contributed by atoms with Crippen LogP contribution in [0.1, 0.15) is 52.9 Å². The van der Waals surface area contributed by atoms with Gasteiger partial charge in [-0.2, -0.15) is 0 Å². The fraction of sp³-hybridized carbons (Fsp3) is 0.929.